The molecular formula is C32H69N3O11. The molecule has 0 heterocycles. The van der Waals surface area contributed by atoms with Gasteiger partial charge in [0.2, 0.25) is 0 Å². The van der Waals surface area contributed by atoms with Gasteiger partial charge in [0, 0.05) is 6.54 Å². The monoisotopic (exact) mass is 671 g/mol. The summed E-state index contributed by atoms with van der Waals surface area (Å²) in [5.41, 5.74) is 15.7. The van der Waals surface area contributed by atoms with E-state index in [1.807, 2.05) is 41.5 Å². The van der Waals surface area contributed by atoms with Crippen molar-refractivity contribution in [3.63, 3.8) is 0 Å². The summed E-state index contributed by atoms with van der Waals surface area (Å²) in [6, 6.07) is -0.690. The van der Waals surface area contributed by atoms with Gasteiger partial charge in [0.05, 0.1) is 24.5 Å². The highest BCUT2D eigenvalue weighted by Crippen LogP contribution is 2.11. The Bertz CT molecular complexity index is 719. The quantitative estimate of drug-likeness (QED) is 0.106. The molecule has 14 heteroatoms. The zero-order valence-corrected chi connectivity index (χ0v) is 29.9. The minimum Gasteiger partial charge on any atom is -0.481 e. The summed E-state index contributed by atoms with van der Waals surface area (Å²) >= 11 is 0. The Kier molecular flexibility index (Phi) is 37.6. The molecule has 0 aliphatic heterocycles. The van der Waals surface area contributed by atoms with Crippen LogP contribution in [0.1, 0.15) is 101 Å². The van der Waals surface area contributed by atoms with E-state index in [0.717, 1.165) is 12.5 Å². The molecule has 5 atom stereocenters. The minimum atomic E-state index is -1.67. The molecule has 278 valence electrons. The smallest absolute Gasteiger partial charge is 0.335 e. The van der Waals surface area contributed by atoms with E-state index in [2.05, 4.69) is 13.8 Å². The van der Waals surface area contributed by atoms with Crippen molar-refractivity contribution < 1.29 is 54.9 Å². The predicted octanol–water partition coefficient (Wildman–Crippen LogP) is 2.69. The summed E-state index contributed by atoms with van der Waals surface area (Å²) in [5.74, 6) is -3.26. The van der Waals surface area contributed by atoms with Gasteiger partial charge in [0.1, 0.15) is 6.04 Å². The molecule has 5 unspecified atom stereocenters. The van der Waals surface area contributed by atoms with Gasteiger partial charge in [-0.15, -0.1) is 0 Å². The molecule has 0 fully saturated rings. The van der Waals surface area contributed by atoms with E-state index in [1.54, 1.807) is 13.8 Å². The molecule has 0 aromatic heterocycles. The van der Waals surface area contributed by atoms with Crippen LogP contribution < -0.4 is 17.2 Å². The van der Waals surface area contributed by atoms with Crippen LogP contribution in [-0.2, 0) is 19.2 Å². The number of aliphatic carboxylic acids is 4. The summed E-state index contributed by atoms with van der Waals surface area (Å²) in [4.78, 5) is 40.8. The fourth-order valence-corrected chi connectivity index (χ4v) is 3.33. The average Bonchev–Trinajstić information content (AvgIpc) is 2.92. The lowest BCUT2D eigenvalue weighted by molar-refractivity contribution is -0.154. The molecule has 13 N–H and O–H groups in total. The van der Waals surface area contributed by atoms with E-state index in [0.29, 0.717) is 37.0 Å². The third kappa shape index (κ3) is 39.7. The fraction of sp³-hybridized carbons (Fsp3) is 0.875. The molecule has 0 bridgehead atoms. The molecule has 0 aromatic carbocycles. The lowest BCUT2D eigenvalue weighted by atomic mass is 9.98. The summed E-state index contributed by atoms with van der Waals surface area (Å²) < 4.78 is 0. The maximum absolute atomic E-state index is 10.4. The summed E-state index contributed by atoms with van der Waals surface area (Å²) in [7, 11) is 0. The zero-order chi connectivity index (χ0) is 37.7. The first kappa shape index (κ1) is 53.1. The Balaban J connectivity index is -0.000000153. The molecule has 0 aromatic rings. The largest absolute Gasteiger partial charge is 0.481 e. The predicted molar refractivity (Wildman–Crippen MR) is 180 cm³/mol. The Labute approximate surface area is 276 Å². The minimum absolute atomic E-state index is 0.244. The molecule has 0 radical (unpaired) electrons. The lowest BCUT2D eigenvalue weighted by Crippen LogP contribution is -2.37. The second-order valence-electron chi connectivity index (χ2n) is 13.2. The van der Waals surface area contributed by atoms with Gasteiger partial charge in [0.15, 0.2) is 6.10 Å². The first-order valence-corrected chi connectivity index (χ1v) is 16.0. The normalized spacial score (nSPS) is 13.8. The summed E-state index contributed by atoms with van der Waals surface area (Å²) in [6.45, 7) is 20.3. The SMILES string of the molecule is CC(C)C(O)C(O)C(=O)O.CC(C)CC(CN)C(=O)O.CC(C)CC(CO)C(=O)O.CC(C)CC(N)C(=O)O.CC(C)CCCN. The number of aliphatic hydroxyl groups is 3. The van der Waals surface area contributed by atoms with Crippen LogP contribution >= 0.6 is 0 Å². The van der Waals surface area contributed by atoms with Crippen LogP contribution in [0.15, 0.2) is 0 Å². The van der Waals surface area contributed by atoms with Crippen LogP contribution in [0, 0.1) is 41.4 Å². The second-order valence-corrected chi connectivity index (χ2v) is 13.2. The summed E-state index contributed by atoms with van der Waals surface area (Å²) in [6.07, 6.45) is 1.37. The number of carboxylic acids is 4. The number of nitrogens with two attached hydrogens (primary N) is 3. The molecule has 14 nitrogen and oxygen atoms in total. The van der Waals surface area contributed by atoms with E-state index < -0.39 is 48.0 Å². The van der Waals surface area contributed by atoms with Crippen molar-refractivity contribution in [1.82, 2.24) is 0 Å². The first-order valence-electron chi connectivity index (χ1n) is 16.0. The van der Waals surface area contributed by atoms with E-state index in [9.17, 15) is 19.2 Å². The summed E-state index contributed by atoms with van der Waals surface area (Å²) in [5, 5.41) is 59.7. The van der Waals surface area contributed by atoms with E-state index in [4.69, 9.17) is 52.9 Å². The molecule has 0 amide bonds. The Morgan fingerprint density at radius 2 is 0.978 bits per heavy atom. The van der Waals surface area contributed by atoms with Gasteiger partial charge in [-0.3, -0.25) is 14.4 Å². The van der Waals surface area contributed by atoms with Gasteiger partial charge in [0.25, 0.3) is 0 Å². The Morgan fingerprint density at radius 1 is 0.587 bits per heavy atom. The van der Waals surface area contributed by atoms with Crippen LogP contribution in [0.4, 0.5) is 0 Å². The number of hydrogen-bond donors (Lipinski definition) is 10. The van der Waals surface area contributed by atoms with Crippen LogP contribution in [0.3, 0.4) is 0 Å². The van der Waals surface area contributed by atoms with Gasteiger partial charge in [-0.1, -0.05) is 69.2 Å². The molecule has 0 spiro atoms. The lowest BCUT2D eigenvalue weighted by Gasteiger charge is -2.16. The van der Waals surface area contributed by atoms with Gasteiger partial charge in [-0.05, 0) is 68.2 Å². The average molecular weight is 672 g/mol. The standard InChI is InChI=1S/C7H15NO2.C7H14O3.C6H13NO2.C6H15N.C6H12O4/c2*1-5(2)3-6(4-8)7(9)10;1-4(2)3-5(7)6(8)9;1-6(2)4-3-5-7;1-3(2)4(7)5(8)6(9)10/h5-6H,3-4,8H2,1-2H3,(H,9,10);5-6,8H,3-4H2,1-2H3,(H,9,10);4-5H,3,7H2,1-2H3,(H,8,9);6H,3-5,7H2,1-2H3;3-5,7-8H,1-2H3,(H,9,10). The maximum Gasteiger partial charge on any atom is 0.335 e. The molecule has 0 saturated carbocycles. The number of rotatable bonds is 17. The molecule has 46 heavy (non-hydrogen) atoms. The number of aliphatic hydroxyl groups excluding tert-OH is 3. The van der Waals surface area contributed by atoms with Crippen molar-refractivity contribution in [3.05, 3.63) is 0 Å². The highest BCUT2D eigenvalue weighted by Gasteiger charge is 2.25. The van der Waals surface area contributed by atoms with Gasteiger partial charge in [-0.2, -0.15) is 0 Å². The number of hydrogen-bond acceptors (Lipinski definition) is 10. The maximum atomic E-state index is 10.4. The Hall–Kier alpha value is -2.36. The molecule has 0 aliphatic carbocycles. The van der Waals surface area contributed by atoms with Crippen LogP contribution in [-0.4, -0.2) is 97.6 Å². The molecular weight excluding hydrogens is 602 g/mol. The van der Waals surface area contributed by atoms with Crippen molar-refractivity contribution in [3.8, 4) is 0 Å². The highest BCUT2D eigenvalue weighted by atomic mass is 16.4. The highest BCUT2D eigenvalue weighted by molar-refractivity contribution is 5.73. The number of carboxylic acid groups (broad SMARTS) is 4. The van der Waals surface area contributed by atoms with E-state index in [1.165, 1.54) is 12.8 Å². The molecule has 0 aliphatic rings. The van der Waals surface area contributed by atoms with E-state index in [-0.39, 0.29) is 25.0 Å². The first-order chi connectivity index (χ1) is 20.9. The molecule has 0 rings (SSSR count). The second kappa shape index (κ2) is 32.6. The van der Waals surface area contributed by atoms with Crippen molar-refractivity contribution in [2.75, 3.05) is 19.7 Å². The third-order valence-electron chi connectivity index (χ3n) is 6.00. The Morgan fingerprint density at radius 3 is 1.09 bits per heavy atom. The zero-order valence-electron chi connectivity index (χ0n) is 29.9. The molecule has 0 saturated heterocycles. The van der Waals surface area contributed by atoms with Gasteiger partial charge in [-0.25, -0.2) is 4.79 Å². The van der Waals surface area contributed by atoms with Crippen LogP contribution in [0.2, 0.25) is 0 Å². The fourth-order valence-electron chi connectivity index (χ4n) is 3.33. The van der Waals surface area contributed by atoms with Crippen LogP contribution in [0.5, 0.6) is 0 Å². The third-order valence-corrected chi connectivity index (χ3v) is 6.00. The van der Waals surface area contributed by atoms with Crippen molar-refractivity contribution in [2.45, 2.75) is 120 Å². The number of carbonyl (C=O) groups is 4. The van der Waals surface area contributed by atoms with Crippen molar-refractivity contribution in [2.24, 2.45) is 58.6 Å². The van der Waals surface area contributed by atoms with Gasteiger partial charge < -0.3 is 52.9 Å². The van der Waals surface area contributed by atoms with E-state index >= 15 is 0 Å². The van der Waals surface area contributed by atoms with Crippen molar-refractivity contribution >= 4 is 23.9 Å². The topological polar surface area (TPSA) is 288 Å². The van der Waals surface area contributed by atoms with Gasteiger partial charge >= 0.3 is 23.9 Å². The van der Waals surface area contributed by atoms with Crippen molar-refractivity contribution in [1.29, 1.82) is 0 Å². The van der Waals surface area contributed by atoms with Crippen LogP contribution in [0.25, 0.3) is 0 Å².